The van der Waals surface area contributed by atoms with E-state index in [0.717, 1.165) is 32.1 Å². The summed E-state index contributed by atoms with van der Waals surface area (Å²) in [6.07, 6.45) is 8.34. The molecule has 1 heterocycles. The van der Waals surface area contributed by atoms with E-state index in [1.165, 1.54) is 29.8 Å². The Kier molecular flexibility index (Phi) is 2.49. The van der Waals surface area contributed by atoms with E-state index in [0.29, 0.717) is 0 Å². The van der Waals surface area contributed by atoms with Crippen molar-refractivity contribution < 1.29 is 9.90 Å². The molecule has 3 rings (SSSR count). The summed E-state index contributed by atoms with van der Waals surface area (Å²) in [5.41, 5.74) is 3.91. The highest BCUT2D eigenvalue weighted by Gasteiger charge is 2.42. The second kappa shape index (κ2) is 3.90. The number of aromatic nitrogens is 1. The summed E-state index contributed by atoms with van der Waals surface area (Å²) in [6, 6.07) is 2.25. The van der Waals surface area contributed by atoms with Crippen LogP contribution in [0.15, 0.2) is 6.07 Å². The molecular formula is C14H19NO2. The first-order chi connectivity index (χ1) is 8.20. The molecule has 0 aliphatic heterocycles. The average molecular weight is 233 g/mol. The molecule has 2 aliphatic rings. The normalized spacial score (nSPS) is 21.6. The summed E-state index contributed by atoms with van der Waals surface area (Å²) >= 11 is 0. The largest absolute Gasteiger partial charge is 0.481 e. The van der Waals surface area contributed by atoms with Crippen molar-refractivity contribution in [1.29, 1.82) is 0 Å². The number of aryl methyl sites for hydroxylation is 2. The predicted octanol–water partition coefficient (Wildman–Crippen LogP) is 2.79. The van der Waals surface area contributed by atoms with E-state index in [9.17, 15) is 4.79 Å². The summed E-state index contributed by atoms with van der Waals surface area (Å²) in [7, 11) is 0. The van der Waals surface area contributed by atoms with Crippen molar-refractivity contribution >= 4 is 5.97 Å². The molecule has 0 saturated heterocycles. The van der Waals surface area contributed by atoms with Crippen LogP contribution in [0.25, 0.3) is 0 Å². The zero-order valence-electron chi connectivity index (χ0n) is 10.1. The summed E-state index contributed by atoms with van der Waals surface area (Å²) in [4.78, 5) is 14.5. The minimum absolute atomic E-state index is 0.0802. The molecule has 17 heavy (non-hydrogen) atoms. The van der Waals surface area contributed by atoms with Crippen LogP contribution in [0.3, 0.4) is 0 Å². The van der Waals surface area contributed by atoms with E-state index in [1.807, 2.05) is 0 Å². The first-order valence-electron chi connectivity index (χ1n) is 6.63. The topological polar surface area (TPSA) is 53.1 Å². The number of rotatable bonds is 3. The van der Waals surface area contributed by atoms with Crippen LogP contribution in [0.1, 0.15) is 55.5 Å². The number of hydrogen-bond donors (Lipinski definition) is 2. The van der Waals surface area contributed by atoms with E-state index < -0.39 is 5.97 Å². The van der Waals surface area contributed by atoms with Gasteiger partial charge in [-0.3, -0.25) is 4.79 Å². The van der Waals surface area contributed by atoms with Gasteiger partial charge in [-0.1, -0.05) is 6.42 Å². The Hall–Kier alpha value is -1.25. The van der Waals surface area contributed by atoms with Crippen LogP contribution in [0.4, 0.5) is 0 Å². The Balaban J connectivity index is 1.91. The van der Waals surface area contributed by atoms with Crippen molar-refractivity contribution in [2.45, 2.75) is 56.8 Å². The van der Waals surface area contributed by atoms with E-state index >= 15 is 0 Å². The van der Waals surface area contributed by atoms with Gasteiger partial charge >= 0.3 is 5.97 Å². The summed E-state index contributed by atoms with van der Waals surface area (Å²) in [5, 5.41) is 9.06. The van der Waals surface area contributed by atoms with Crippen LogP contribution in [0.2, 0.25) is 0 Å². The number of carboxylic acids is 1. The predicted molar refractivity (Wildman–Crippen MR) is 65.2 cm³/mol. The average Bonchev–Trinajstić information content (AvgIpc) is 2.66. The Morgan fingerprint density at radius 1 is 1.29 bits per heavy atom. The lowest BCUT2D eigenvalue weighted by atomic mass is 9.64. The first-order valence-corrected chi connectivity index (χ1v) is 6.63. The number of aromatic amines is 1. The van der Waals surface area contributed by atoms with Crippen molar-refractivity contribution in [2.24, 2.45) is 0 Å². The van der Waals surface area contributed by atoms with E-state index in [-0.39, 0.29) is 11.8 Å². The molecule has 2 aliphatic carbocycles. The van der Waals surface area contributed by atoms with Crippen LogP contribution in [-0.4, -0.2) is 16.1 Å². The minimum atomic E-state index is -0.669. The highest BCUT2D eigenvalue weighted by molar-refractivity contribution is 5.69. The first kappa shape index (κ1) is 10.9. The Morgan fingerprint density at radius 2 is 2.06 bits per heavy atom. The lowest BCUT2D eigenvalue weighted by Crippen LogP contribution is -2.37. The number of aliphatic carboxylic acids is 1. The van der Waals surface area contributed by atoms with Gasteiger partial charge < -0.3 is 10.1 Å². The molecule has 1 aromatic heterocycles. The maximum absolute atomic E-state index is 11.0. The molecule has 0 amide bonds. The van der Waals surface area contributed by atoms with Crippen molar-refractivity contribution in [2.75, 3.05) is 0 Å². The Bertz CT molecular complexity index is 420. The number of nitrogens with one attached hydrogen (secondary N) is 1. The number of hydrogen-bond acceptors (Lipinski definition) is 1. The van der Waals surface area contributed by atoms with E-state index in [4.69, 9.17) is 5.11 Å². The summed E-state index contributed by atoms with van der Waals surface area (Å²) in [6.45, 7) is 0. The monoisotopic (exact) mass is 233 g/mol. The van der Waals surface area contributed by atoms with Gasteiger partial charge in [-0.25, -0.2) is 0 Å². The molecule has 0 atom stereocenters. The Labute approximate surface area is 101 Å². The third-order valence-corrected chi connectivity index (χ3v) is 4.49. The van der Waals surface area contributed by atoms with E-state index in [2.05, 4.69) is 11.1 Å². The number of carboxylic acid groups (broad SMARTS) is 1. The second-order valence-electron chi connectivity index (χ2n) is 5.60. The van der Waals surface area contributed by atoms with Gasteiger partial charge in [0.1, 0.15) is 0 Å². The highest BCUT2D eigenvalue weighted by Crippen LogP contribution is 2.46. The van der Waals surface area contributed by atoms with Crippen LogP contribution >= 0.6 is 0 Å². The number of carbonyl (C=O) groups is 1. The summed E-state index contributed by atoms with van der Waals surface area (Å²) < 4.78 is 0. The van der Waals surface area contributed by atoms with Gasteiger partial charge in [-0.15, -0.1) is 0 Å². The zero-order valence-corrected chi connectivity index (χ0v) is 10.1. The Morgan fingerprint density at radius 3 is 2.65 bits per heavy atom. The second-order valence-corrected chi connectivity index (χ2v) is 5.60. The van der Waals surface area contributed by atoms with Crippen LogP contribution < -0.4 is 0 Å². The smallest absolute Gasteiger partial charge is 0.304 e. The lowest BCUT2D eigenvalue weighted by Gasteiger charge is -2.40. The molecule has 3 nitrogen and oxygen atoms in total. The third kappa shape index (κ3) is 1.78. The van der Waals surface area contributed by atoms with E-state index in [1.54, 1.807) is 0 Å². The van der Waals surface area contributed by atoms with Crippen LogP contribution in [0.5, 0.6) is 0 Å². The molecule has 92 valence electrons. The number of H-pyrrole nitrogens is 1. The van der Waals surface area contributed by atoms with Gasteiger partial charge in [-0.2, -0.15) is 0 Å². The molecule has 1 aromatic rings. The molecule has 1 saturated carbocycles. The molecule has 0 spiro atoms. The van der Waals surface area contributed by atoms with Gasteiger partial charge in [0.25, 0.3) is 0 Å². The maximum Gasteiger partial charge on any atom is 0.304 e. The van der Waals surface area contributed by atoms with Crippen molar-refractivity contribution in [1.82, 2.24) is 4.98 Å². The minimum Gasteiger partial charge on any atom is -0.481 e. The molecule has 3 heteroatoms. The molecule has 2 N–H and O–H groups in total. The molecular weight excluding hydrogens is 214 g/mol. The number of fused-ring (bicyclic) bond motifs is 1. The highest BCUT2D eigenvalue weighted by atomic mass is 16.4. The molecule has 0 radical (unpaired) electrons. The fourth-order valence-electron chi connectivity index (χ4n) is 3.32. The standard InChI is InChI=1S/C14H19NO2/c16-13(17)9-14(6-3-7-14)12-8-10-4-1-2-5-11(10)15-12/h8,15H,1-7,9H2,(H,16,17). The zero-order chi connectivity index (χ0) is 11.9. The van der Waals surface area contributed by atoms with Gasteiger partial charge in [-0.05, 0) is 50.2 Å². The summed E-state index contributed by atoms with van der Waals surface area (Å²) in [5.74, 6) is -0.669. The van der Waals surface area contributed by atoms with Crippen LogP contribution in [0, 0.1) is 0 Å². The van der Waals surface area contributed by atoms with Gasteiger partial charge in [0.2, 0.25) is 0 Å². The van der Waals surface area contributed by atoms with Gasteiger partial charge in [0, 0.05) is 16.8 Å². The molecule has 0 aromatic carbocycles. The van der Waals surface area contributed by atoms with Crippen LogP contribution in [-0.2, 0) is 23.1 Å². The van der Waals surface area contributed by atoms with Crippen molar-refractivity contribution in [3.05, 3.63) is 23.0 Å². The van der Waals surface area contributed by atoms with Gasteiger partial charge in [0.05, 0.1) is 6.42 Å². The van der Waals surface area contributed by atoms with Crippen molar-refractivity contribution in [3.8, 4) is 0 Å². The quantitative estimate of drug-likeness (QED) is 0.843. The molecule has 0 bridgehead atoms. The maximum atomic E-state index is 11.0. The third-order valence-electron chi connectivity index (χ3n) is 4.49. The SMILES string of the molecule is O=C(O)CC1(c2cc3c([nH]2)CCCC3)CCC1. The van der Waals surface area contributed by atoms with Crippen molar-refractivity contribution in [3.63, 3.8) is 0 Å². The molecule has 0 unspecified atom stereocenters. The fourth-order valence-corrected chi connectivity index (χ4v) is 3.32. The lowest BCUT2D eigenvalue weighted by molar-refractivity contribution is -0.139. The molecule has 1 fully saturated rings. The fraction of sp³-hybridized carbons (Fsp3) is 0.643. The van der Waals surface area contributed by atoms with Gasteiger partial charge in [0.15, 0.2) is 0 Å².